The van der Waals surface area contributed by atoms with E-state index >= 15 is 0 Å². The maximum atomic E-state index is 3.42. The average Bonchev–Trinajstić information content (AvgIpc) is 2.29. The predicted molar refractivity (Wildman–Crippen MR) is 79.8 cm³/mol. The van der Waals surface area contributed by atoms with Gasteiger partial charge in [-0.2, -0.15) is 11.8 Å². The molecule has 96 valence electrons. The normalized spacial score (nSPS) is 13.6. The third-order valence-electron chi connectivity index (χ3n) is 2.75. The molecule has 0 heterocycles. The molecular formula is C15H25NS. The van der Waals surface area contributed by atoms with E-state index < -0.39 is 0 Å². The molecule has 1 atom stereocenters. The van der Waals surface area contributed by atoms with Crippen molar-refractivity contribution in [1.82, 2.24) is 5.32 Å². The van der Waals surface area contributed by atoms with Gasteiger partial charge < -0.3 is 5.32 Å². The second kappa shape index (κ2) is 7.07. The summed E-state index contributed by atoms with van der Waals surface area (Å²) in [6.07, 6.45) is 2.38. The van der Waals surface area contributed by atoms with Gasteiger partial charge in [0, 0.05) is 16.5 Å². The zero-order valence-electron chi connectivity index (χ0n) is 11.5. The van der Waals surface area contributed by atoms with Crippen molar-refractivity contribution in [2.75, 3.05) is 12.8 Å². The lowest BCUT2D eigenvalue weighted by Gasteiger charge is -2.22. The van der Waals surface area contributed by atoms with Gasteiger partial charge in [-0.1, -0.05) is 51.1 Å². The summed E-state index contributed by atoms with van der Waals surface area (Å²) in [4.78, 5) is 0. The van der Waals surface area contributed by atoms with Crippen LogP contribution in [0, 0.1) is 0 Å². The zero-order valence-corrected chi connectivity index (χ0v) is 12.3. The second-order valence-electron chi connectivity index (χ2n) is 5.43. The van der Waals surface area contributed by atoms with Crippen molar-refractivity contribution in [2.24, 2.45) is 0 Å². The Morgan fingerprint density at radius 1 is 1.18 bits per heavy atom. The number of thioether (sulfide) groups is 1. The maximum absolute atomic E-state index is 3.42. The van der Waals surface area contributed by atoms with E-state index in [4.69, 9.17) is 0 Å². The van der Waals surface area contributed by atoms with E-state index in [0.29, 0.717) is 10.8 Å². The lowest BCUT2D eigenvalue weighted by Crippen LogP contribution is -2.30. The first-order valence-electron chi connectivity index (χ1n) is 6.36. The molecule has 1 nitrogen and oxygen atoms in total. The lowest BCUT2D eigenvalue weighted by molar-refractivity contribution is 0.570. The Balaban J connectivity index is 2.33. The summed E-state index contributed by atoms with van der Waals surface area (Å²) in [5, 5.41) is 3.42. The second-order valence-corrected chi connectivity index (χ2v) is 7.28. The van der Waals surface area contributed by atoms with Crippen LogP contribution in [-0.2, 0) is 6.42 Å². The SMILES string of the molecule is CNC(CCc1ccccc1)CSC(C)(C)C. The molecule has 0 radical (unpaired) electrons. The lowest BCUT2D eigenvalue weighted by atomic mass is 10.1. The van der Waals surface area contributed by atoms with E-state index in [0.717, 1.165) is 6.42 Å². The van der Waals surface area contributed by atoms with Gasteiger partial charge in [0.15, 0.2) is 0 Å². The fourth-order valence-electron chi connectivity index (χ4n) is 1.65. The van der Waals surface area contributed by atoms with Crippen molar-refractivity contribution >= 4 is 11.8 Å². The minimum absolute atomic E-state index is 0.363. The van der Waals surface area contributed by atoms with Gasteiger partial charge in [-0.3, -0.25) is 0 Å². The first-order valence-corrected chi connectivity index (χ1v) is 7.35. The van der Waals surface area contributed by atoms with Crippen molar-refractivity contribution in [2.45, 2.75) is 44.4 Å². The monoisotopic (exact) mass is 251 g/mol. The van der Waals surface area contributed by atoms with Crippen LogP contribution in [0.3, 0.4) is 0 Å². The van der Waals surface area contributed by atoms with Crippen LogP contribution in [0.5, 0.6) is 0 Å². The minimum atomic E-state index is 0.363. The van der Waals surface area contributed by atoms with Crippen LogP contribution < -0.4 is 5.32 Å². The summed E-state index contributed by atoms with van der Waals surface area (Å²) in [5.74, 6) is 1.19. The molecule has 0 aliphatic heterocycles. The predicted octanol–water partition coefficient (Wildman–Crippen LogP) is 3.74. The number of hydrogen-bond donors (Lipinski definition) is 1. The molecule has 0 aliphatic rings. The van der Waals surface area contributed by atoms with E-state index in [1.165, 1.54) is 17.7 Å². The van der Waals surface area contributed by atoms with Crippen LogP contribution in [0.2, 0.25) is 0 Å². The van der Waals surface area contributed by atoms with Crippen molar-refractivity contribution in [1.29, 1.82) is 0 Å². The quantitative estimate of drug-likeness (QED) is 0.826. The van der Waals surface area contributed by atoms with Crippen molar-refractivity contribution in [3.8, 4) is 0 Å². The van der Waals surface area contributed by atoms with Crippen molar-refractivity contribution in [3.05, 3.63) is 35.9 Å². The molecule has 0 spiro atoms. The van der Waals surface area contributed by atoms with E-state index in [1.807, 2.05) is 11.8 Å². The first kappa shape index (κ1) is 14.6. The number of nitrogens with one attached hydrogen (secondary N) is 1. The van der Waals surface area contributed by atoms with E-state index in [-0.39, 0.29) is 0 Å². The fourth-order valence-corrected chi connectivity index (χ4v) is 2.68. The van der Waals surface area contributed by atoms with Gasteiger partial charge >= 0.3 is 0 Å². The Hall–Kier alpha value is -0.470. The maximum Gasteiger partial charge on any atom is 0.0158 e. The highest BCUT2D eigenvalue weighted by atomic mass is 32.2. The zero-order chi connectivity index (χ0) is 12.7. The third kappa shape index (κ3) is 6.75. The summed E-state index contributed by atoms with van der Waals surface area (Å²) < 4.78 is 0.363. The summed E-state index contributed by atoms with van der Waals surface area (Å²) in [5.41, 5.74) is 1.44. The highest BCUT2D eigenvalue weighted by Crippen LogP contribution is 2.24. The molecule has 0 saturated heterocycles. The van der Waals surface area contributed by atoms with Gasteiger partial charge in [0.2, 0.25) is 0 Å². The standard InChI is InChI=1S/C15H25NS/c1-15(2,3)17-12-14(16-4)11-10-13-8-6-5-7-9-13/h5-9,14,16H,10-12H2,1-4H3. The summed E-state index contributed by atoms with van der Waals surface area (Å²) in [6.45, 7) is 6.84. The Morgan fingerprint density at radius 2 is 1.82 bits per heavy atom. The van der Waals surface area contributed by atoms with Crippen molar-refractivity contribution < 1.29 is 0 Å². The van der Waals surface area contributed by atoms with Gasteiger partial charge in [0.1, 0.15) is 0 Å². The third-order valence-corrected chi connectivity index (χ3v) is 4.19. The largest absolute Gasteiger partial charge is 0.316 e. The van der Waals surface area contributed by atoms with Gasteiger partial charge in [0.25, 0.3) is 0 Å². The fraction of sp³-hybridized carbons (Fsp3) is 0.600. The van der Waals surface area contributed by atoms with Crippen LogP contribution >= 0.6 is 11.8 Å². The Kier molecular flexibility index (Phi) is 6.07. The minimum Gasteiger partial charge on any atom is -0.316 e. The van der Waals surface area contributed by atoms with Crippen LogP contribution in [0.15, 0.2) is 30.3 Å². The number of rotatable bonds is 6. The Morgan fingerprint density at radius 3 is 2.35 bits per heavy atom. The van der Waals surface area contributed by atoms with Crippen LogP contribution in [0.4, 0.5) is 0 Å². The Bertz CT molecular complexity index is 302. The number of hydrogen-bond acceptors (Lipinski definition) is 2. The van der Waals surface area contributed by atoms with Gasteiger partial charge in [0.05, 0.1) is 0 Å². The van der Waals surface area contributed by atoms with Gasteiger partial charge in [-0.05, 0) is 25.5 Å². The summed E-state index contributed by atoms with van der Waals surface area (Å²) in [6, 6.07) is 11.3. The molecule has 1 aromatic carbocycles. The number of benzene rings is 1. The molecule has 1 N–H and O–H groups in total. The van der Waals surface area contributed by atoms with Crippen LogP contribution in [0.25, 0.3) is 0 Å². The molecule has 1 aromatic rings. The smallest absolute Gasteiger partial charge is 0.0158 e. The molecule has 0 bridgehead atoms. The molecule has 0 amide bonds. The Labute approximate surface area is 110 Å². The van der Waals surface area contributed by atoms with E-state index in [2.05, 4.69) is 63.5 Å². The highest BCUT2D eigenvalue weighted by Gasteiger charge is 2.14. The van der Waals surface area contributed by atoms with Crippen LogP contribution in [-0.4, -0.2) is 23.6 Å². The highest BCUT2D eigenvalue weighted by molar-refractivity contribution is 8.00. The molecule has 17 heavy (non-hydrogen) atoms. The van der Waals surface area contributed by atoms with Gasteiger partial charge in [-0.15, -0.1) is 0 Å². The molecule has 2 heteroatoms. The topological polar surface area (TPSA) is 12.0 Å². The summed E-state index contributed by atoms with van der Waals surface area (Å²) >= 11 is 2.04. The molecule has 0 fully saturated rings. The average molecular weight is 251 g/mol. The molecule has 0 aliphatic carbocycles. The van der Waals surface area contributed by atoms with E-state index in [9.17, 15) is 0 Å². The molecule has 0 aromatic heterocycles. The first-order chi connectivity index (χ1) is 8.01. The molecule has 1 unspecified atom stereocenters. The van der Waals surface area contributed by atoms with E-state index in [1.54, 1.807) is 0 Å². The van der Waals surface area contributed by atoms with Crippen LogP contribution in [0.1, 0.15) is 32.8 Å². The molecular weight excluding hydrogens is 226 g/mol. The van der Waals surface area contributed by atoms with Gasteiger partial charge in [-0.25, -0.2) is 0 Å². The molecule has 0 saturated carbocycles. The molecule has 1 rings (SSSR count). The van der Waals surface area contributed by atoms with Crippen molar-refractivity contribution in [3.63, 3.8) is 0 Å². The summed E-state index contributed by atoms with van der Waals surface area (Å²) in [7, 11) is 2.07. The number of aryl methyl sites for hydroxylation is 1.